The highest BCUT2D eigenvalue weighted by Gasteiger charge is 2.30. The van der Waals surface area contributed by atoms with Gasteiger partial charge in [-0.1, -0.05) is 23.7 Å². The molecule has 0 aromatic heterocycles. The lowest BCUT2D eigenvalue weighted by molar-refractivity contribution is -0.122. The maximum absolute atomic E-state index is 12.7. The highest BCUT2D eigenvalue weighted by molar-refractivity contribution is 6.30. The van der Waals surface area contributed by atoms with Crippen LogP contribution in [0.15, 0.2) is 42.5 Å². The Morgan fingerprint density at radius 2 is 2.04 bits per heavy atom. The number of nitrogens with one attached hydrogen (secondary N) is 1. The van der Waals surface area contributed by atoms with Gasteiger partial charge in [0.25, 0.3) is 5.91 Å². The fraction of sp³-hybridized carbons (Fsp3) is 0.211. The number of carbonyl (C=O) groups excluding carboxylic acids is 3. The SMILES string of the molecule is C[C@H]1CC(=O)Nc2ccccc2N1C(=O)COC(=O)c1ccc(Cl)cc1O. The lowest BCUT2D eigenvalue weighted by Gasteiger charge is -2.27. The minimum absolute atomic E-state index is 0.0895. The largest absolute Gasteiger partial charge is 0.507 e. The lowest BCUT2D eigenvalue weighted by Crippen LogP contribution is -2.41. The number of aromatic hydroxyl groups is 1. The minimum Gasteiger partial charge on any atom is -0.507 e. The van der Waals surface area contributed by atoms with E-state index < -0.39 is 24.5 Å². The number of amides is 2. The molecule has 0 aliphatic carbocycles. The number of anilines is 2. The van der Waals surface area contributed by atoms with Crippen molar-refractivity contribution in [1.82, 2.24) is 0 Å². The molecule has 1 heterocycles. The first kappa shape index (κ1) is 18.7. The van der Waals surface area contributed by atoms with Gasteiger partial charge in [0.05, 0.1) is 11.4 Å². The van der Waals surface area contributed by atoms with Crippen LogP contribution in [0.25, 0.3) is 0 Å². The van der Waals surface area contributed by atoms with Gasteiger partial charge in [-0.2, -0.15) is 0 Å². The molecule has 8 heteroatoms. The number of fused-ring (bicyclic) bond motifs is 1. The number of esters is 1. The second kappa shape index (κ2) is 7.67. The fourth-order valence-electron chi connectivity index (χ4n) is 2.92. The Kier molecular flexibility index (Phi) is 5.32. The average Bonchev–Trinajstić information content (AvgIpc) is 2.73. The van der Waals surface area contributed by atoms with Crippen molar-refractivity contribution in [1.29, 1.82) is 0 Å². The smallest absolute Gasteiger partial charge is 0.342 e. The Morgan fingerprint density at radius 3 is 2.78 bits per heavy atom. The van der Waals surface area contributed by atoms with E-state index in [0.717, 1.165) is 0 Å². The summed E-state index contributed by atoms with van der Waals surface area (Å²) in [5.74, 6) is -1.85. The van der Waals surface area contributed by atoms with Crippen LogP contribution in [0.5, 0.6) is 5.75 Å². The number of hydrogen-bond acceptors (Lipinski definition) is 5. The third-order valence-electron chi connectivity index (χ3n) is 4.13. The summed E-state index contributed by atoms with van der Waals surface area (Å²) in [6.45, 7) is 1.21. The van der Waals surface area contributed by atoms with Crippen molar-refractivity contribution >= 4 is 40.8 Å². The molecule has 1 aliphatic rings. The molecule has 0 saturated heterocycles. The molecule has 2 amide bonds. The second-order valence-electron chi connectivity index (χ2n) is 6.12. The van der Waals surface area contributed by atoms with Gasteiger partial charge in [0.2, 0.25) is 5.91 Å². The Labute approximate surface area is 160 Å². The van der Waals surface area contributed by atoms with Crippen LogP contribution in [-0.2, 0) is 14.3 Å². The van der Waals surface area contributed by atoms with Crippen molar-refractivity contribution in [3.8, 4) is 5.75 Å². The molecule has 27 heavy (non-hydrogen) atoms. The molecule has 3 rings (SSSR count). The van der Waals surface area contributed by atoms with E-state index in [1.807, 2.05) is 0 Å². The fourth-order valence-corrected chi connectivity index (χ4v) is 3.09. The zero-order chi connectivity index (χ0) is 19.6. The van der Waals surface area contributed by atoms with E-state index in [1.165, 1.54) is 23.1 Å². The number of phenols is 1. The third kappa shape index (κ3) is 4.03. The van der Waals surface area contributed by atoms with Gasteiger partial charge in [-0.25, -0.2) is 4.79 Å². The molecule has 0 saturated carbocycles. The summed E-state index contributed by atoms with van der Waals surface area (Å²) in [5.41, 5.74) is 0.960. The summed E-state index contributed by atoms with van der Waals surface area (Å²) in [4.78, 5) is 38.3. The van der Waals surface area contributed by atoms with Crippen LogP contribution in [0.3, 0.4) is 0 Å². The first-order valence-corrected chi connectivity index (χ1v) is 8.61. The van der Waals surface area contributed by atoms with Gasteiger partial charge in [-0.3, -0.25) is 9.59 Å². The molecule has 0 fully saturated rings. The van der Waals surface area contributed by atoms with Crippen molar-refractivity contribution in [2.24, 2.45) is 0 Å². The molecule has 2 N–H and O–H groups in total. The summed E-state index contributed by atoms with van der Waals surface area (Å²) < 4.78 is 5.06. The monoisotopic (exact) mass is 388 g/mol. The number of hydrogen-bond donors (Lipinski definition) is 2. The predicted molar refractivity (Wildman–Crippen MR) is 100 cm³/mol. The molecule has 0 radical (unpaired) electrons. The highest BCUT2D eigenvalue weighted by Crippen LogP contribution is 2.31. The lowest BCUT2D eigenvalue weighted by atomic mass is 10.1. The van der Waals surface area contributed by atoms with E-state index in [9.17, 15) is 19.5 Å². The number of benzene rings is 2. The van der Waals surface area contributed by atoms with Gasteiger partial charge in [0.1, 0.15) is 11.3 Å². The standard InChI is InChI=1S/C19H17ClN2O5/c1-11-8-17(24)21-14-4-2-3-5-15(14)22(11)18(25)10-27-19(26)13-7-6-12(20)9-16(13)23/h2-7,9,11,23H,8,10H2,1H3,(H,21,24)/t11-/m0/s1. The molecule has 2 aromatic rings. The average molecular weight is 389 g/mol. The molecule has 0 bridgehead atoms. The predicted octanol–water partition coefficient (Wildman–Crippen LogP) is 2.97. The number of ether oxygens (including phenoxy) is 1. The molecular formula is C19H17ClN2O5. The van der Waals surface area contributed by atoms with Crippen molar-refractivity contribution in [2.75, 3.05) is 16.8 Å². The first-order chi connectivity index (χ1) is 12.9. The normalized spacial score (nSPS) is 16.1. The van der Waals surface area contributed by atoms with E-state index in [1.54, 1.807) is 31.2 Å². The molecule has 0 unspecified atom stereocenters. The van der Waals surface area contributed by atoms with Crippen LogP contribution in [0.1, 0.15) is 23.7 Å². The molecule has 1 atom stereocenters. The highest BCUT2D eigenvalue weighted by atomic mass is 35.5. The summed E-state index contributed by atoms with van der Waals surface area (Å²) in [6, 6.07) is 10.5. The van der Waals surface area contributed by atoms with Crippen LogP contribution >= 0.6 is 11.6 Å². The molecule has 0 spiro atoms. The Hall–Kier alpha value is -3.06. The van der Waals surface area contributed by atoms with Crippen molar-refractivity contribution in [3.63, 3.8) is 0 Å². The quantitative estimate of drug-likeness (QED) is 0.788. The van der Waals surface area contributed by atoms with Crippen LogP contribution in [0, 0.1) is 0 Å². The van der Waals surface area contributed by atoms with E-state index in [-0.39, 0.29) is 28.7 Å². The summed E-state index contributed by atoms with van der Waals surface area (Å²) in [6.07, 6.45) is 0.117. The van der Waals surface area contributed by atoms with Crippen LogP contribution < -0.4 is 10.2 Å². The Morgan fingerprint density at radius 1 is 1.30 bits per heavy atom. The number of carbonyl (C=O) groups is 3. The molecule has 1 aliphatic heterocycles. The van der Waals surface area contributed by atoms with Gasteiger partial charge >= 0.3 is 5.97 Å². The second-order valence-corrected chi connectivity index (χ2v) is 6.56. The molecular weight excluding hydrogens is 372 g/mol. The Bertz CT molecular complexity index is 915. The van der Waals surface area contributed by atoms with Gasteiger partial charge in [-0.15, -0.1) is 0 Å². The van der Waals surface area contributed by atoms with E-state index in [4.69, 9.17) is 16.3 Å². The minimum atomic E-state index is -0.845. The van der Waals surface area contributed by atoms with Gasteiger partial charge in [0.15, 0.2) is 6.61 Å². The number of phenolic OH excluding ortho intramolecular Hbond substituents is 1. The van der Waals surface area contributed by atoms with Crippen molar-refractivity contribution in [3.05, 3.63) is 53.1 Å². The maximum atomic E-state index is 12.7. The van der Waals surface area contributed by atoms with Crippen LogP contribution in [0.2, 0.25) is 5.02 Å². The number of para-hydroxylation sites is 2. The molecule has 140 valence electrons. The summed E-state index contributed by atoms with van der Waals surface area (Å²) >= 11 is 5.74. The number of halogens is 1. The number of nitrogens with zero attached hydrogens (tertiary/aromatic N) is 1. The van der Waals surface area contributed by atoms with Gasteiger partial charge < -0.3 is 20.1 Å². The van der Waals surface area contributed by atoms with Crippen molar-refractivity contribution in [2.45, 2.75) is 19.4 Å². The topological polar surface area (TPSA) is 95.9 Å². The molecule has 2 aromatic carbocycles. The van der Waals surface area contributed by atoms with Crippen molar-refractivity contribution < 1.29 is 24.2 Å². The van der Waals surface area contributed by atoms with Gasteiger partial charge in [-0.05, 0) is 37.3 Å². The van der Waals surface area contributed by atoms with Crippen LogP contribution in [0.4, 0.5) is 11.4 Å². The van der Waals surface area contributed by atoms with Gasteiger partial charge in [0, 0.05) is 17.5 Å². The zero-order valence-electron chi connectivity index (χ0n) is 14.4. The van der Waals surface area contributed by atoms with E-state index in [0.29, 0.717) is 11.4 Å². The third-order valence-corrected chi connectivity index (χ3v) is 4.37. The summed E-state index contributed by atoms with van der Waals surface area (Å²) in [7, 11) is 0. The maximum Gasteiger partial charge on any atom is 0.342 e. The number of rotatable bonds is 3. The summed E-state index contributed by atoms with van der Waals surface area (Å²) in [5, 5.41) is 12.8. The molecule has 7 nitrogen and oxygen atoms in total. The van der Waals surface area contributed by atoms with Crippen LogP contribution in [-0.4, -0.2) is 35.5 Å². The Balaban J connectivity index is 1.77. The van der Waals surface area contributed by atoms with E-state index >= 15 is 0 Å². The van der Waals surface area contributed by atoms with E-state index in [2.05, 4.69) is 5.32 Å². The first-order valence-electron chi connectivity index (χ1n) is 8.23. The zero-order valence-corrected chi connectivity index (χ0v) is 15.2.